The van der Waals surface area contributed by atoms with Crippen LogP contribution >= 0.6 is 0 Å². The zero-order valence-corrected chi connectivity index (χ0v) is 23.5. The Hall–Kier alpha value is -5.92. The molecule has 9 aromatic carbocycles. The molecule has 1 nitrogen and oxygen atoms in total. The van der Waals surface area contributed by atoms with Gasteiger partial charge in [0, 0.05) is 10.8 Å². The molecule has 0 aliphatic carbocycles. The van der Waals surface area contributed by atoms with Crippen molar-refractivity contribution in [1.29, 1.82) is 0 Å². The number of benzene rings is 9. The largest absolute Gasteiger partial charge is 0.456 e. The van der Waals surface area contributed by atoms with Gasteiger partial charge in [0.1, 0.15) is 11.2 Å². The van der Waals surface area contributed by atoms with Crippen LogP contribution in [0.25, 0.3) is 98.4 Å². The highest BCUT2D eigenvalue weighted by Gasteiger charge is 2.19. The highest BCUT2D eigenvalue weighted by molar-refractivity contribution is 6.29. The van der Waals surface area contributed by atoms with Gasteiger partial charge in [0.05, 0.1) is 16.4 Å². The van der Waals surface area contributed by atoms with Gasteiger partial charge < -0.3 is 4.42 Å². The van der Waals surface area contributed by atoms with Gasteiger partial charge in [-0.1, -0.05) is 139 Å². The van der Waals surface area contributed by atoms with Gasteiger partial charge in [-0.05, 0) is 94.7 Å². The lowest BCUT2D eigenvalue weighted by Gasteiger charge is -2.17. The summed E-state index contributed by atoms with van der Waals surface area (Å²) in [7, 11) is 0. The van der Waals surface area contributed by atoms with Crippen molar-refractivity contribution in [1.82, 2.24) is 0 Å². The van der Waals surface area contributed by atoms with Crippen LogP contribution in [0.1, 0.15) is 16.4 Å². The first-order valence-electron chi connectivity index (χ1n) is 20.5. The van der Waals surface area contributed by atoms with Crippen molar-refractivity contribution >= 4 is 65.0 Å². The van der Waals surface area contributed by atoms with Gasteiger partial charge in [0.2, 0.25) is 0 Å². The maximum Gasteiger partial charge on any atom is 0.136 e. The van der Waals surface area contributed by atoms with Gasteiger partial charge in [0.15, 0.2) is 0 Å². The van der Waals surface area contributed by atoms with Crippen LogP contribution in [0.3, 0.4) is 0 Å². The average Bonchev–Trinajstić information content (AvgIpc) is 3.60. The Kier molecular flexibility index (Phi) is 3.24. The Labute approximate surface area is 276 Å². The van der Waals surface area contributed by atoms with Crippen LogP contribution in [0.15, 0.2) is 162 Å². The molecule has 0 N–H and O–H groups in total. The monoisotopic (exact) mass is 582 g/mol. The molecule has 0 aliphatic heterocycles. The Morgan fingerprint density at radius 1 is 0.378 bits per heavy atom. The van der Waals surface area contributed by atoms with Crippen LogP contribution in [-0.2, 0) is 0 Å². The predicted octanol–water partition coefficient (Wildman–Crippen LogP) is 12.6. The van der Waals surface area contributed by atoms with E-state index in [-0.39, 0.29) is 46.1 Å². The third-order valence-corrected chi connectivity index (χ3v) is 8.82. The molecule has 0 amide bonds. The van der Waals surface area contributed by atoms with Crippen LogP contribution in [0.4, 0.5) is 0 Å². The summed E-state index contributed by atoms with van der Waals surface area (Å²) in [6.07, 6.45) is 0. The molecule has 1 heteroatoms. The molecular formula is C44H26O. The third-order valence-electron chi connectivity index (χ3n) is 8.82. The second kappa shape index (κ2) is 9.29. The molecule has 0 saturated carbocycles. The molecule has 10 rings (SSSR count). The van der Waals surface area contributed by atoms with Crippen LogP contribution < -0.4 is 0 Å². The number of rotatable bonds is 3. The molecule has 0 saturated heterocycles. The van der Waals surface area contributed by atoms with E-state index in [1.54, 1.807) is 18.2 Å². The average molecular weight is 583 g/mol. The molecule has 0 radical (unpaired) electrons. The van der Waals surface area contributed by atoms with E-state index >= 15 is 0 Å². The molecule has 1 aromatic heterocycles. The summed E-state index contributed by atoms with van der Waals surface area (Å²) in [4.78, 5) is 0. The molecule has 0 spiro atoms. The second-order valence-corrected chi connectivity index (χ2v) is 11.1. The lowest BCUT2D eigenvalue weighted by atomic mass is 9.86. The van der Waals surface area contributed by atoms with E-state index in [1.807, 2.05) is 60.7 Å². The zero-order chi connectivity index (χ0) is 39.9. The SMILES string of the molecule is [2H]c1c([2H])c([2H])c(-c2ccc3oc4cccc(-c5ccc6ccc7c(-c8c([2H])c([2H])c([2H])c9c([2H])c([2H])c([2H])c([2H])c89)ccc8ccc5c6c87)c4c3c2)c([2H])c1[2H]. The van der Waals surface area contributed by atoms with Crippen LogP contribution in [0, 0.1) is 0 Å². The quantitative estimate of drug-likeness (QED) is 0.189. The fourth-order valence-electron chi connectivity index (χ4n) is 6.87. The van der Waals surface area contributed by atoms with E-state index in [4.69, 9.17) is 20.9 Å². The summed E-state index contributed by atoms with van der Waals surface area (Å²) in [6.45, 7) is 0. The van der Waals surface area contributed by atoms with Gasteiger partial charge in [-0.2, -0.15) is 0 Å². The van der Waals surface area contributed by atoms with Crippen molar-refractivity contribution < 1.29 is 20.9 Å². The topological polar surface area (TPSA) is 13.1 Å². The minimum Gasteiger partial charge on any atom is -0.456 e. The van der Waals surface area contributed by atoms with E-state index in [0.29, 0.717) is 27.7 Å². The van der Waals surface area contributed by atoms with E-state index in [9.17, 15) is 0 Å². The van der Waals surface area contributed by atoms with Crippen molar-refractivity contribution in [2.24, 2.45) is 0 Å². The first kappa shape index (κ1) is 15.7. The zero-order valence-electron chi connectivity index (χ0n) is 35.5. The third kappa shape index (κ3) is 3.56. The summed E-state index contributed by atoms with van der Waals surface area (Å²) in [5, 5.41) is 6.70. The molecular weight excluding hydrogens is 544 g/mol. The number of furan rings is 1. The summed E-state index contributed by atoms with van der Waals surface area (Å²) >= 11 is 0. The van der Waals surface area contributed by atoms with Gasteiger partial charge in [-0.3, -0.25) is 0 Å². The van der Waals surface area contributed by atoms with Gasteiger partial charge >= 0.3 is 0 Å². The Morgan fingerprint density at radius 3 is 1.87 bits per heavy atom. The van der Waals surface area contributed by atoms with Gasteiger partial charge in [-0.25, -0.2) is 0 Å². The molecule has 208 valence electrons. The van der Waals surface area contributed by atoms with E-state index in [2.05, 4.69) is 6.07 Å². The smallest absolute Gasteiger partial charge is 0.136 e. The summed E-state index contributed by atoms with van der Waals surface area (Å²) in [5.41, 5.74) is 4.15. The molecule has 0 fully saturated rings. The summed E-state index contributed by atoms with van der Waals surface area (Å²) < 4.78 is 109. The molecule has 0 atom stereocenters. The van der Waals surface area contributed by atoms with E-state index < -0.39 is 48.3 Å². The Morgan fingerprint density at radius 2 is 1.07 bits per heavy atom. The first-order valence-corrected chi connectivity index (χ1v) is 14.5. The molecule has 0 unspecified atom stereocenters. The highest BCUT2D eigenvalue weighted by atomic mass is 16.3. The molecule has 45 heavy (non-hydrogen) atoms. The maximum absolute atomic E-state index is 9.06. The number of hydrogen-bond acceptors (Lipinski definition) is 1. The van der Waals surface area contributed by atoms with Gasteiger partial charge in [0.25, 0.3) is 0 Å². The Balaban J connectivity index is 1.26. The van der Waals surface area contributed by atoms with Crippen LogP contribution in [0.5, 0.6) is 0 Å². The Bertz CT molecular complexity index is 3400. The molecule has 0 aliphatic rings. The summed E-state index contributed by atoms with van der Waals surface area (Å²) in [6, 6.07) is 22.0. The maximum atomic E-state index is 9.06. The van der Waals surface area contributed by atoms with Crippen LogP contribution in [0.2, 0.25) is 0 Å². The molecule has 10 aromatic rings. The van der Waals surface area contributed by atoms with Crippen molar-refractivity contribution in [2.75, 3.05) is 0 Å². The normalized spacial score (nSPS) is 15.7. The van der Waals surface area contributed by atoms with Crippen molar-refractivity contribution in [3.63, 3.8) is 0 Å². The summed E-state index contributed by atoms with van der Waals surface area (Å²) in [5.74, 6) is 0. The predicted molar refractivity (Wildman–Crippen MR) is 191 cm³/mol. The highest BCUT2D eigenvalue weighted by Crippen LogP contribution is 2.45. The standard InChI is InChI=1S/C44H26O/c1-2-8-27(9-3-1)31-20-25-40-39(26-31)44-36(14-7-15-41(44)45-40)35-22-17-30-18-23-37-34(21-16-29-19-24-38(35)43(30)42(29)37)33-13-6-11-28-10-4-5-12-32(28)33/h1-26H/i1D,2D,3D,4D,5D,6D,8D,9D,10D,11D,12D,13D. The minimum absolute atomic E-state index is 0.0317. The minimum atomic E-state index is -0.502. The van der Waals surface area contributed by atoms with E-state index in [0.717, 1.165) is 48.8 Å². The lowest BCUT2D eigenvalue weighted by molar-refractivity contribution is 0.669. The first-order chi connectivity index (χ1) is 27.3. The molecule has 0 bridgehead atoms. The van der Waals surface area contributed by atoms with Crippen molar-refractivity contribution in [2.45, 2.75) is 0 Å². The van der Waals surface area contributed by atoms with Crippen molar-refractivity contribution in [3.8, 4) is 33.4 Å². The van der Waals surface area contributed by atoms with Crippen molar-refractivity contribution in [3.05, 3.63) is 157 Å². The fraction of sp³-hybridized carbons (Fsp3) is 0. The number of fused-ring (bicyclic) bond motifs is 4. The van der Waals surface area contributed by atoms with Gasteiger partial charge in [-0.15, -0.1) is 0 Å². The number of hydrogen-bond donors (Lipinski definition) is 0. The lowest BCUT2D eigenvalue weighted by Crippen LogP contribution is -1.90. The van der Waals surface area contributed by atoms with E-state index in [1.165, 1.54) is 0 Å². The van der Waals surface area contributed by atoms with Crippen LogP contribution in [-0.4, -0.2) is 0 Å². The second-order valence-electron chi connectivity index (χ2n) is 11.1. The molecule has 1 heterocycles. The fourth-order valence-corrected chi connectivity index (χ4v) is 6.87.